The lowest BCUT2D eigenvalue weighted by Gasteiger charge is -2.11. The van der Waals surface area contributed by atoms with Crippen molar-refractivity contribution in [2.75, 3.05) is 33.9 Å². The molecule has 1 heterocycles. The molecule has 2 amide bonds. The smallest absolute Gasteiger partial charge is 0.274 e. The fourth-order valence-corrected chi connectivity index (χ4v) is 2.73. The Bertz CT molecular complexity index is 1020. The molecule has 0 radical (unpaired) electrons. The van der Waals surface area contributed by atoms with Crippen molar-refractivity contribution in [2.45, 2.75) is 6.92 Å². The van der Waals surface area contributed by atoms with Crippen molar-refractivity contribution in [3.8, 4) is 11.5 Å². The van der Waals surface area contributed by atoms with Gasteiger partial charge in [-0.05, 0) is 57.4 Å². The van der Waals surface area contributed by atoms with Crippen LogP contribution in [-0.4, -0.2) is 55.9 Å². The quantitative estimate of drug-likeness (QED) is 0.241. The van der Waals surface area contributed by atoms with E-state index in [1.165, 1.54) is 12.1 Å². The van der Waals surface area contributed by atoms with E-state index in [1.54, 1.807) is 23.7 Å². The standard InChI is InChI=1S/C21H21N3O5.C2H7N/c1-2-28-19-13-18(23-17-6-4-3-5-16(17)19)21(26)22-11-12-29-15-9-7-14(8-10-15)20(25)24-27;1-3-2/h3-10,13,27H,2,11-12H2,1H3,(H,22,26)(H,24,25);3H,1-2H3. The Labute approximate surface area is 186 Å². The van der Waals surface area contributed by atoms with E-state index in [-0.39, 0.29) is 24.8 Å². The van der Waals surface area contributed by atoms with Crippen molar-refractivity contribution in [2.24, 2.45) is 0 Å². The van der Waals surface area contributed by atoms with Gasteiger partial charge in [0.05, 0.1) is 18.7 Å². The molecule has 9 nitrogen and oxygen atoms in total. The predicted octanol–water partition coefficient (Wildman–Crippen LogP) is 2.40. The molecule has 1 aromatic heterocycles. The molecule has 0 aliphatic rings. The summed E-state index contributed by atoms with van der Waals surface area (Å²) in [5.74, 6) is 0.232. The molecule has 170 valence electrons. The van der Waals surface area contributed by atoms with E-state index in [2.05, 4.69) is 15.6 Å². The number of fused-ring (bicyclic) bond motifs is 1. The number of hydrogen-bond acceptors (Lipinski definition) is 7. The molecule has 0 saturated heterocycles. The van der Waals surface area contributed by atoms with Gasteiger partial charge in [-0.1, -0.05) is 12.1 Å². The van der Waals surface area contributed by atoms with Crippen LogP contribution in [0.1, 0.15) is 27.8 Å². The third kappa shape index (κ3) is 6.93. The van der Waals surface area contributed by atoms with Gasteiger partial charge in [0.15, 0.2) is 0 Å². The summed E-state index contributed by atoms with van der Waals surface area (Å²) in [4.78, 5) is 28.1. The number of para-hydroxylation sites is 1. The molecule has 32 heavy (non-hydrogen) atoms. The monoisotopic (exact) mass is 440 g/mol. The van der Waals surface area contributed by atoms with Crippen LogP contribution in [0.4, 0.5) is 0 Å². The molecule has 0 spiro atoms. The van der Waals surface area contributed by atoms with Gasteiger partial charge >= 0.3 is 0 Å². The van der Waals surface area contributed by atoms with Crippen LogP contribution in [0.2, 0.25) is 0 Å². The second kappa shape index (κ2) is 12.9. The number of rotatable bonds is 8. The second-order valence-corrected chi connectivity index (χ2v) is 6.53. The van der Waals surface area contributed by atoms with E-state index in [9.17, 15) is 9.59 Å². The third-order valence-corrected chi connectivity index (χ3v) is 4.09. The summed E-state index contributed by atoms with van der Waals surface area (Å²) in [6, 6.07) is 15.4. The number of hydrogen-bond donors (Lipinski definition) is 4. The van der Waals surface area contributed by atoms with Gasteiger partial charge < -0.3 is 20.1 Å². The van der Waals surface area contributed by atoms with Gasteiger partial charge in [-0.2, -0.15) is 0 Å². The van der Waals surface area contributed by atoms with Gasteiger partial charge in [-0.25, -0.2) is 10.5 Å². The van der Waals surface area contributed by atoms with Gasteiger partial charge in [-0.3, -0.25) is 14.8 Å². The average Bonchev–Trinajstić information content (AvgIpc) is 2.82. The number of ether oxygens (including phenoxy) is 2. The summed E-state index contributed by atoms with van der Waals surface area (Å²) in [5, 5.41) is 15.0. The van der Waals surface area contributed by atoms with E-state index in [4.69, 9.17) is 14.7 Å². The first kappa shape index (κ1) is 24.6. The molecule has 0 unspecified atom stereocenters. The molecular weight excluding hydrogens is 412 g/mol. The maximum absolute atomic E-state index is 12.5. The Hall–Kier alpha value is -3.69. The third-order valence-electron chi connectivity index (χ3n) is 4.09. The molecule has 4 N–H and O–H groups in total. The van der Waals surface area contributed by atoms with Gasteiger partial charge in [0.1, 0.15) is 23.8 Å². The van der Waals surface area contributed by atoms with Crippen LogP contribution in [0, 0.1) is 0 Å². The molecule has 0 saturated carbocycles. The normalized spacial score (nSPS) is 10.0. The highest BCUT2D eigenvalue weighted by Crippen LogP contribution is 2.25. The van der Waals surface area contributed by atoms with Crippen LogP contribution in [-0.2, 0) is 0 Å². The van der Waals surface area contributed by atoms with Crippen LogP contribution < -0.4 is 25.6 Å². The number of nitrogens with one attached hydrogen (secondary N) is 3. The number of nitrogens with zero attached hydrogens (tertiary/aromatic N) is 1. The molecule has 0 bridgehead atoms. The number of carbonyl (C=O) groups is 2. The predicted molar refractivity (Wildman–Crippen MR) is 121 cm³/mol. The maximum Gasteiger partial charge on any atom is 0.274 e. The first-order valence-corrected chi connectivity index (χ1v) is 10.1. The minimum Gasteiger partial charge on any atom is -0.493 e. The minimum absolute atomic E-state index is 0.239. The van der Waals surface area contributed by atoms with Crippen LogP contribution >= 0.6 is 0 Å². The van der Waals surface area contributed by atoms with Crippen molar-refractivity contribution in [3.63, 3.8) is 0 Å². The topological polar surface area (TPSA) is 122 Å². The van der Waals surface area contributed by atoms with Crippen LogP contribution in [0.5, 0.6) is 11.5 Å². The van der Waals surface area contributed by atoms with Crippen LogP contribution in [0.15, 0.2) is 54.6 Å². The first-order valence-electron chi connectivity index (χ1n) is 10.1. The van der Waals surface area contributed by atoms with E-state index >= 15 is 0 Å². The van der Waals surface area contributed by atoms with Gasteiger partial charge in [-0.15, -0.1) is 0 Å². The molecule has 9 heteroatoms. The molecule has 0 fully saturated rings. The second-order valence-electron chi connectivity index (χ2n) is 6.53. The number of benzene rings is 2. The summed E-state index contributed by atoms with van der Waals surface area (Å²) in [7, 11) is 3.75. The lowest BCUT2D eigenvalue weighted by Crippen LogP contribution is -2.28. The fraction of sp³-hybridized carbons (Fsp3) is 0.261. The largest absolute Gasteiger partial charge is 0.493 e. The molecule has 2 aromatic carbocycles. The van der Waals surface area contributed by atoms with Crippen LogP contribution in [0.25, 0.3) is 10.9 Å². The van der Waals surface area contributed by atoms with Crippen molar-refractivity contribution in [3.05, 3.63) is 65.9 Å². The van der Waals surface area contributed by atoms with Crippen LogP contribution in [0.3, 0.4) is 0 Å². The Morgan fingerprint density at radius 3 is 2.34 bits per heavy atom. The maximum atomic E-state index is 12.5. The van der Waals surface area contributed by atoms with E-state index < -0.39 is 5.91 Å². The molecule has 3 aromatic rings. The zero-order valence-electron chi connectivity index (χ0n) is 18.3. The highest BCUT2D eigenvalue weighted by molar-refractivity contribution is 5.97. The lowest BCUT2D eigenvalue weighted by molar-refractivity contribution is 0.0706. The average molecular weight is 441 g/mol. The van der Waals surface area contributed by atoms with Gasteiger partial charge in [0.25, 0.3) is 11.8 Å². The summed E-state index contributed by atoms with van der Waals surface area (Å²) >= 11 is 0. The Morgan fingerprint density at radius 2 is 1.69 bits per heavy atom. The summed E-state index contributed by atoms with van der Waals surface area (Å²) in [6.45, 7) is 2.88. The minimum atomic E-state index is -0.599. The van der Waals surface area contributed by atoms with Gasteiger partial charge in [0, 0.05) is 17.0 Å². The summed E-state index contributed by atoms with van der Waals surface area (Å²) < 4.78 is 11.2. The zero-order valence-corrected chi connectivity index (χ0v) is 18.3. The Kier molecular flexibility index (Phi) is 9.89. The molecule has 3 rings (SSSR count). The Morgan fingerprint density at radius 1 is 1.00 bits per heavy atom. The number of aromatic nitrogens is 1. The number of amides is 2. The molecule has 0 aliphatic heterocycles. The van der Waals surface area contributed by atoms with Gasteiger partial charge in [0.2, 0.25) is 0 Å². The number of hydroxylamine groups is 1. The van der Waals surface area contributed by atoms with E-state index in [0.717, 1.165) is 5.39 Å². The van der Waals surface area contributed by atoms with Crippen molar-refractivity contribution >= 4 is 22.7 Å². The Balaban J connectivity index is 0.00000114. The van der Waals surface area contributed by atoms with E-state index in [0.29, 0.717) is 29.2 Å². The SMILES string of the molecule is CCOc1cc(C(=O)NCCOc2ccc(C(=O)NO)cc2)nc2ccccc12.CNC. The molecule has 0 atom stereocenters. The first-order chi connectivity index (χ1) is 15.5. The number of carbonyl (C=O) groups excluding carboxylic acids is 2. The molecule has 0 aliphatic carbocycles. The highest BCUT2D eigenvalue weighted by Gasteiger charge is 2.12. The van der Waals surface area contributed by atoms with E-state index in [1.807, 2.05) is 45.3 Å². The van der Waals surface area contributed by atoms with Crippen molar-refractivity contribution in [1.29, 1.82) is 0 Å². The number of pyridine rings is 1. The fourth-order valence-electron chi connectivity index (χ4n) is 2.73. The summed E-state index contributed by atoms with van der Waals surface area (Å²) in [6.07, 6.45) is 0. The lowest BCUT2D eigenvalue weighted by atomic mass is 10.1. The zero-order chi connectivity index (χ0) is 23.3. The van der Waals surface area contributed by atoms with Crippen molar-refractivity contribution in [1.82, 2.24) is 21.1 Å². The van der Waals surface area contributed by atoms with Crippen molar-refractivity contribution < 1.29 is 24.3 Å². The highest BCUT2D eigenvalue weighted by atomic mass is 16.5. The summed E-state index contributed by atoms with van der Waals surface area (Å²) in [5.41, 5.74) is 2.82. The molecular formula is C23H28N4O5.